The molecule has 1 amide bonds. The van der Waals surface area contributed by atoms with Gasteiger partial charge in [-0.15, -0.1) is 11.8 Å². The van der Waals surface area contributed by atoms with Crippen molar-refractivity contribution in [3.8, 4) is 0 Å². The van der Waals surface area contributed by atoms with Gasteiger partial charge < -0.3 is 0 Å². The second kappa shape index (κ2) is 5.10. The number of hydrogen-bond acceptors (Lipinski definition) is 5. The Morgan fingerprint density at radius 2 is 1.95 bits per heavy atom. The van der Waals surface area contributed by atoms with Crippen LogP contribution in [0.4, 0.5) is 10.6 Å². The average Bonchev–Trinajstić information content (AvgIpc) is 2.80. The highest BCUT2D eigenvalue weighted by Gasteiger charge is 2.29. The van der Waals surface area contributed by atoms with Crippen molar-refractivity contribution in [2.24, 2.45) is 10.2 Å². The van der Waals surface area contributed by atoms with Gasteiger partial charge in [0, 0.05) is 15.9 Å². The van der Waals surface area contributed by atoms with Crippen LogP contribution in [0.2, 0.25) is 0 Å². The fraction of sp³-hybridized carbons (Fsp3) is 0.0833. The minimum Gasteiger partial charge on any atom is -0.203 e. The van der Waals surface area contributed by atoms with Crippen molar-refractivity contribution in [1.29, 1.82) is 0 Å². The van der Waals surface area contributed by atoms with Gasteiger partial charge in [-0.1, -0.05) is 27.6 Å². The van der Waals surface area contributed by atoms with Crippen LogP contribution >= 0.6 is 23.5 Å². The van der Waals surface area contributed by atoms with Crippen molar-refractivity contribution in [1.82, 2.24) is 5.10 Å². The number of thioether (sulfide) groups is 1. The van der Waals surface area contributed by atoms with Crippen LogP contribution in [-0.2, 0) is 0 Å². The average molecular weight is 289 g/mol. The highest BCUT2D eigenvalue weighted by Crippen LogP contribution is 2.29. The third-order valence-corrected chi connectivity index (χ3v) is 4.12. The van der Waals surface area contributed by atoms with Crippen molar-refractivity contribution >= 4 is 35.4 Å². The van der Waals surface area contributed by atoms with Gasteiger partial charge in [0.1, 0.15) is 10.1 Å². The van der Waals surface area contributed by atoms with Gasteiger partial charge in [-0.3, -0.25) is 0 Å². The van der Waals surface area contributed by atoms with Gasteiger partial charge in [-0.2, -0.15) is 0 Å². The number of hydrogen-bond donors (Lipinski definition) is 0. The second-order valence-electron chi connectivity index (χ2n) is 3.71. The van der Waals surface area contributed by atoms with E-state index in [1.807, 2.05) is 24.5 Å². The maximum Gasteiger partial charge on any atom is 0.537 e. The van der Waals surface area contributed by atoms with E-state index >= 15 is 0 Å². The molecule has 3 rings (SSSR count). The molecule has 2 heterocycles. The fourth-order valence-electron chi connectivity index (χ4n) is 1.59. The van der Waals surface area contributed by atoms with Crippen LogP contribution < -0.4 is 4.68 Å². The smallest absolute Gasteiger partial charge is 0.203 e. The number of nitrogens with zero attached hydrogens (tertiary/aromatic N) is 4. The molecule has 1 aromatic carbocycles. The predicted octanol–water partition coefficient (Wildman–Crippen LogP) is 3.31. The maximum atomic E-state index is 11.4. The number of azo groups is 1. The Morgan fingerprint density at radius 1 is 1.11 bits per heavy atom. The van der Waals surface area contributed by atoms with Crippen molar-refractivity contribution in [3.63, 3.8) is 0 Å². The summed E-state index contributed by atoms with van der Waals surface area (Å²) in [4.78, 5) is 13.7. The summed E-state index contributed by atoms with van der Waals surface area (Å²) in [6.45, 7) is 0. The van der Waals surface area contributed by atoms with Crippen molar-refractivity contribution in [3.05, 3.63) is 36.4 Å². The first-order valence-corrected chi connectivity index (χ1v) is 7.52. The lowest BCUT2D eigenvalue weighted by atomic mass is 10.4. The molecule has 94 valence electrons. The minimum absolute atomic E-state index is 0.449. The summed E-state index contributed by atoms with van der Waals surface area (Å²) in [5.74, 6) is 0.465. The van der Waals surface area contributed by atoms with Gasteiger partial charge in [0.05, 0.1) is 5.11 Å². The van der Waals surface area contributed by atoms with Crippen molar-refractivity contribution in [2.75, 3.05) is 6.26 Å². The molecule has 1 aliphatic heterocycles. The molecule has 2 aromatic rings. The number of carbonyl (C=O) groups excluding carboxylic acids is 1. The van der Waals surface area contributed by atoms with Gasteiger partial charge in [0.15, 0.2) is 0 Å². The van der Waals surface area contributed by atoms with Crippen LogP contribution in [0, 0.1) is 0 Å². The van der Waals surface area contributed by atoms with E-state index in [0.717, 1.165) is 9.92 Å². The summed E-state index contributed by atoms with van der Waals surface area (Å²) in [5.41, 5.74) is 0. The lowest BCUT2D eigenvalue weighted by molar-refractivity contribution is -0.620. The molecule has 0 unspecified atom stereocenters. The van der Waals surface area contributed by atoms with Gasteiger partial charge >= 0.3 is 11.8 Å². The molecular formula is C12H9N4OS2+. The van der Waals surface area contributed by atoms with E-state index in [9.17, 15) is 4.79 Å². The van der Waals surface area contributed by atoms with E-state index < -0.39 is 6.03 Å². The third kappa shape index (κ3) is 2.52. The van der Waals surface area contributed by atoms with E-state index in [2.05, 4.69) is 27.5 Å². The molecule has 7 heteroatoms. The molecule has 0 saturated heterocycles. The second-order valence-corrected chi connectivity index (χ2v) is 5.68. The van der Waals surface area contributed by atoms with Crippen LogP contribution in [-0.4, -0.2) is 17.4 Å². The van der Waals surface area contributed by atoms with Crippen LogP contribution in [0.3, 0.4) is 0 Å². The standard InChI is InChI=1S/C12H9N4OS2/c1-18-8-3-2-4-9(7-8)19-11-6-5-10-13-14-12(17)16(10)15-11/h2-7H,1H3/q+1. The summed E-state index contributed by atoms with van der Waals surface area (Å²) < 4.78 is 1.21. The lowest BCUT2D eigenvalue weighted by Gasteiger charge is -2.02. The molecule has 0 fully saturated rings. The number of benzene rings is 1. The highest BCUT2D eigenvalue weighted by atomic mass is 32.2. The van der Waals surface area contributed by atoms with Gasteiger partial charge in [-0.05, 0) is 30.5 Å². The monoisotopic (exact) mass is 289 g/mol. The molecule has 19 heavy (non-hydrogen) atoms. The summed E-state index contributed by atoms with van der Waals surface area (Å²) in [7, 11) is 0. The zero-order valence-corrected chi connectivity index (χ0v) is 11.6. The third-order valence-electron chi connectivity index (χ3n) is 2.47. The molecule has 0 atom stereocenters. The summed E-state index contributed by atoms with van der Waals surface area (Å²) in [5, 5.41) is 12.1. The van der Waals surface area contributed by atoms with E-state index in [-0.39, 0.29) is 0 Å². The van der Waals surface area contributed by atoms with E-state index in [0.29, 0.717) is 5.82 Å². The summed E-state index contributed by atoms with van der Waals surface area (Å²) in [6.07, 6.45) is 2.04. The molecule has 0 bridgehead atoms. The van der Waals surface area contributed by atoms with Crippen LogP contribution in [0.1, 0.15) is 0 Å². The van der Waals surface area contributed by atoms with Gasteiger partial charge in [0.25, 0.3) is 0 Å². The van der Waals surface area contributed by atoms with Crippen LogP contribution in [0.25, 0.3) is 0 Å². The first kappa shape index (κ1) is 12.3. The lowest BCUT2D eigenvalue weighted by Crippen LogP contribution is -2.41. The number of carbonyl (C=O) groups is 1. The minimum atomic E-state index is -0.449. The summed E-state index contributed by atoms with van der Waals surface area (Å²) >= 11 is 3.20. The molecule has 0 saturated carbocycles. The van der Waals surface area contributed by atoms with E-state index in [4.69, 9.17) is 0 Å². The number of fused-ring (bicyclic) bond motifs is 1. The molecule has 1 aromatic heterocycles. The zero-order chi connectivity index (χ0) is 13.2. The molecule has 0 spiro atoms. The largest absolute Gasteiger partial charge is 0.537 e. The van der Waals surface area contributed by atoms with E-state index in [1.165, 1.54) is 21.3 Å². The number of amides is 1. The zero-order valence-electron chi connectivity index (χ0n) is 9.98. The first-order valence-electron chi connectivity index (χ1n) is 5.47. The Kier molecular flexibility index (Phi) is 3.31. The Balaban J connectivity index is 1.88. The van der Waals surface area contributed by atoms with Crippen molar-refractivity contribution < 1.29 is 9.48 Å². The maximum absolute atomic E-state index is 11.4. The SMILES string of the molecule is CSc1cccc(Sc2ccc3[n+](n2)C(=O)N=N3)c1. The molecular weight excluding hydrogens is 280 g/mol. The predicted molar refractivity (Wildman–Crippen MR) is 72.1 cm³/mol. The molecule has 0 N–H and O–H groups in total. The molecule has 0 radical (unpaired) electrons. The topological polar surface area (TPSA) is 58.6 Å². The first-order chi connectivity index (χ1) is 9.26. The Hall–Kier alpha value is -1.73. The molecule has 0 aliphatic carbocycles. The van der Waals surface area contributed by atoms with Crippen LogP contribution in [0.15, 0.2) is 61.4 Å². The molecule has 5 nitrogen and oxygen atoms in total. The molecule has 1 aliphatic rings. The van der Waals surface area contributed by atoms with Crippen LogP contribution in [0.5, 0.6) is 0 Å². The Labute approximate surface area is 118 Å². The highest BCUT2D eigenvalue weighted by molar-refractivity contribution is 7.99. The Morgan fingerprint density at radius 3 is 2.79 bits per heavy atom. The quantitative estimate of drug-likeness (QED) is 0.642. The summed E-state index contributed by atoms with van der Waals surface area (Å²) in [6, 6.07) is 11.3. The van der Waals surface area contributed by atoms with Gasteiger partial charge in [-0.25, -0.2) is 4.79 Å². The van der Waals surface area contributed by atoms with Gasteiger partial charge in [0.2, 0.25) is 0 Å². The Bertz CT molecular complexity index is 687. The number of aromatic nitrogens is 2. The fourth-order valence-corrected chi connectivity index (χ4v) is 2.96. The number of rotatable bonds is 3. The van der Waals surface area contributed by atoms with Crippen molar-refractivity contribution in [2.45, 2.75) is 14.8 Å². The van der Waals surface area contributed by atoms with E-state index in [1.54, 1.807) is 17.8 Å². The normalized spacial score (nSPS) is 12.8.